The zero-order valence-electron chi connectivity index (χ0n) is 12.9. The lowest BCUT2D eigenvalue weighted by Gasteiger charge is -2.20. The van der Waals surface area contributed by atoms with Gasteiger partial charge in [-0.2, -0.15) is 0 Å². The van der Waals surface area contributed by atoms with Crippen LogP contribution in [0.4, 0.5) is 0 Å². The molecule has 1 aromatic heterocycles. The molecular formula is C17H25N3O. The Hall–Kier alpha value is -1.65. The van der Waals surface area contributed by atoms with Crippen molar-refractivity contribution in [3.8, 4) is 0 Å². The van der Waals surface area contributed by atoms with Gasteiger partial charge in [0, 0.05) is 31.1 Å². The minimum atomic E-state index is 0.228. The van der Waals surface area contributed by atoms with Crippen molar-refractivity contribution in [2.75, 3.05) is 6.61 Å². The van der Waals surface area contributed by atoms with Gasteiger partial charge in [-0.1, -0.05) is 30.3 Å². The van der Waals surface area contributed by atoms with Crippen LogP contribution in [0.2, 0.25) is 0 Å². The van der Waals surface area contributed by atoms with Gasteiger partial charge in [-0.25, -0.2) is 4.98 Å². The summed E-state index contributed by atoms with van der Waals surface area (Å²) in [5.41, 5.74) is 1.26. The molecule has 4 heteroatoms. The summed E-state index contributed by atoms with van der Waals surface area (Å²) >= 11 is 0. The van der Waals surface area contributed by atoms with Crippen LogP contribution in [0.25, 0.3) is 0 Å². The van der Waals surface area contributed by atoms with E-state index in [0.29, 0.717) is 6.04 Å². The first-order valence-corrected chi connectivity index (χ1v) is 7.63. The number of hydrogen-bond donors (Lipinski definition) is 2. The number of imidazole rings is 1. The second kappa shape index (κ2) is 7.96. The fourth-order valence-electron chi connectivity index (χ4n) is 2.53. The summed E-state index contributed by atoms with van der Waals surface area (Å²) in [7, 11) is 0. The van der Waals surface area contributed by atoms with Gasteiger partial charge < -0.3 is 15.0 Å². The number of benzene rings is 1. The molecule has 2 rings (SSSR count). The van der Waals surface area contributed by atoms with Crippen LogP contribution >= 0.6 is 0 Å². The number of aliphatic hydroxyl groups excluding tert-OH is 1. The van der Waals surface area contributed by atoms with Crippen LogP contribution in [-0.2, 0) is 6.54 Å². The molecule has 1 atom stereocenters. The summed E-state index contributed by atoms with van der Waals surface area (Å²) in [6.07, 6.45) is 5.59. The highest BCUT2D eigenvalue weighted by Crippen LogP contribution is 2.19. The highest BCUT2D eigenvalue weighted by molar-refractivity contribution is 5.19. The monoisotopic (exact) mass is 287 g/mol. The standard InChI is InChI=1S/C17H25N3O/c1-14(2)20-11-10-18-17(20)13-19-16(9-6-12-21)15-7-4-3-5-8-15/h3-5,7-8,10-11,14,16,19,21H,6,9,12-13H2,1-2H3. The van der Waals surface area contributed by atoms with E-state index in [9.17, 15) is 0 Å². The largest absolute Gasteiger partial charge is 0.396 e. The Morgan fingerprint density at radius 1 is 1.24 bits per heavy atom. The molecule has 0 aliphatic heterocycles. The minimum absolute atomic E-state index is 0.228. The number of hydrogen-bond acceptors (Lipinski definition) is 3. The van der Waals surface area contributed by atoms with Gasteiger partial charge in [-0.3, -0.25) is 0 Å². The average molecular weight is 287 g/mol. The van der Waals surface area contributed by atoms with E-state index in [4.69, 9.17) is 5.11 Å². The van der Waals surface area contributed by atoms with Crippen LogP contribution in [0, 0.1) is 0 Å². The van der Waals surface area contributed by atoms with Gasteiger partial charge in [-0.15, -0.1) is 0 Å². The molecule has 0 aliphatic rings. The van der Waals surface area contributed by atoms with Crippen molar-refractivity contribution in [3.63, 3.8) is 0 Å². The third-order valence-corrected chi connectivity index (χ3v) is 3.66. The van der Waals surface area contributed by atoms with E-state index < -0.39 is 0 Å². The highest BCUT2D eigenvalue weighted by Gasteiger charge is 2.12. The third-order valence-electron chi connectivity index (χ3n) is 3.66. The van der Waals surface area contributed by atoms with Crippen molar-refractivity contribution in [2.24, 2.45) is 0 Å². The Morgan fingerprint density at radius 3 is 2.67 bits per heavy atom. The van der Waals surface area contributed by atoms with Gasteiger partial charge in [0.25, 0.3) is 0 Å². The van der Waals surface area contributed by atoms with Crippen molar-refractivity contribution in [2.45, 2.75) is 45.3 Å². The highest BCUT2D eigenvalue weighted by atomic mass is 16.2. The van der Waals surface area contributed by atoms with E-state index in [2.05, 4.69) is 53.0 Å². The van der Waals surface area contributed by atoms with E-state index in [-0.39, 0.29) is 12.6 Å². The van der Waals surface area contributed by atoms with Crippen LogP contribution in [0.5, 0.6) is 0 Å². The molecule has 0 bridgehead atoms. The first-order valence-electron chi connectivity index (χ1n) is 7.63. The lowest BCUT2D eigenvalue weighted by molar-refractivity contribution is 0.274. The molecule has 1 aromatic carbocycles. The van der Waals surface area contributed by atoms with Crippen molar-refractivity contribution < 1.29 is 5.11 Å². The summed E-state index contributed by atoms with van der Waals surface area (Å²) in [4.78, 5) is 4.43. The first kappa shape index (κ1) is 15.7. The lowest BCUT2D eigenvalue weighted by atomic mass is 10.0. The molecule has 114 valence electrons. The topological polar surface area (TPSA) is 50.1 Å². The second-order valence-electron chi connectivity index (χ2n) is 5.55. The lowest BCUT2D eigenvalue weighted by Crippen LogP contribution is -2.23. The molecule has 0 aliphatic carbocycles. The van der Waals surface area contributed by atoms with E-state index in [1.807, 2.05) is 18.5 Å². The Labute approximate surface area is 126 Å². The van der Waals surface area contributed by atoms with E-state index in [1.165, 1.54) is 5.56 Å². The first-order chi connectivity index (χ1) is 10.2. The normalized spacial score (nSPS) is 12.8. The zero-order valence-corrected chi connectivity index (χ0v) is 12.9. The maximum Gasteiger partial charge on any atom is 0.122 e. The van der Waals surface area contributed by atoms with Gasteiger partial charge in [0.15, 0.2) is 0 Å². The Morgan fingerprint density at radius 2 is 2.00 bits per heavy atom. The van der Waals surface area contributed by atoms with Crippen molar-refractivity contribution in [1.29, 1.82) is 0 Å². The Balaban J connectivity index is 2.03. The smallest absolute Gasteiger partial charge is 0.122 e. The molecule has 0 radical (unpaired) electrons. The van der Waals surface area contributed by atoms with Gasteiger partial charge in [-0.05, 0) is 32.3 Å². The fraction of sp³-hybridized carbons (Fsp3) is 0.471. The molecular weight excluding hydrogens is 262 g/mol. The van der Waals surface area contributed by atoms with E-state index >= 15 is 0 Å². The van der Waals surface area contributed by atoms with Crippen molar-refractivity contribution >= 4 is 0 Å². The van der Waals surface area contributed by atoms with Crippen LogP contribution in [0.15, 0.2) is 42.7 Å². The summed E-state index contributed by atoms with van der Waals surface area (Å²) < 4.78 is 2.18. The molecule has 1 unspecified atom stereocenters. The maximum absolute atomic E-state index is 9.09. The van der Waals surface area contributed by atoms with Gasteiger partial charge in [0.1, 0.15) is 5.82 Å². The molecule has 4 nitrogen and oxygen atoms in total. The van der Waals surface area contributed by atoms with Crippen molar-refractivity contribution in [3.05, 3.63) is 54.1 Å². The number of nitrogens with zero attached hydrogens (tertiary/aromatic N) is 2. The van der Waals surface area contributed by atoms with E-state index in [1.54, 1.807) is 0 Å². The quantitative estimate of drug-likeness (QED) is 0.784. The molecule has 1 heterocycles. The molecule has 0 saturated heterocycles. The number of rotatable bonds is 8. The molecule has 0 amide bonds. The summed E-state index contributed by atoms with van der Waals surface area (Å²) in [5.74, 6) is 1.05. The summed E-state index contributed by atoms with van der Waals surface area (Å²) in [6.45, 7) is 5.28. The van der Waals surface area contributed by atoms with Gasteiger partial charge >= 0.3 is 0 Å². The molecule has 0 fully saturated rings. The fourth-order valence-corrected chi connectivity index (χ4v) is 2.53. The Kier molecular flexibility index (Phi) is 5.96. The van der Waals surface area contributed by atoms with Gasteiger partial charge in [0.05, 0.1) is 6.54 Å². The summed E-state index contributed by atoms with van der Waals surface area (Å²) in [6, 6.07) is 11.1. The average Bonchev–Trinajstić information content (AvgIpc) is 2.97. The second-order valence-corrected chi connectivity index (χ2v) is 5.55. The van der Waals surface area contributed by atoms with Crippen LogP contribution in [-0.4, -0.2) is 21.3 Å². The maximum atomic E-state index is 9.09. The predicted molar refractivity (Wildman–Crippen MR) is 85.0 cm³/mol. The molecule has 2 N–H and O–H groups in total. The molecule has 0 spiro atoms. The molecule has 2 aromatic rings. The molecule has 21 heavy (non-hydrogen) atoms. The van der Waals surface area contributed by atoms with Crippen molar-refractivity contribution in [1.82, 2.24) is 14.9 Å². The third kappa shape index (κ3) is 4.41. The number of nitrogens with one attached hydrogen (secondary N) is 1. The predicted octanol–water partition coefficient (Wildman–Crippen LogP) is 3.07. The minimum Gasteiger partial charge on any atom is -0.396 e. The zero-order chi connectivity index (χ0) is 15.1. The SMILES string of the molecule is CC(C)n1ccnc1CNC(CCCO)c1ccccc1. The van der Waals surface area contributed by atoms with Crippen LogP contribution < -0.4 is 5.32 Å². The number of aliphatic hydroxyl groups is 1. The Bertz CT molecular complexity index is 522. The van der Waals surface area contributed by atoms with Gasteiger partial charge in [0.2, 0.25) is 0 Å². The molecule has 0 saturated carbocycles. The van der Waals surface area contributed by atoms with E-state index in [0.717, 1.165) is 25.2 Å². The summed E-state index contributed by atoms with van der Waals surface area (Å²) in [5, 5.41) is 12.7. The van der Waals surface area contributed by atoms with Crippen LogP contribution in [0.1, 0.15) is 50.2 Å². The van der Waals surface area contributed by atoms with Crippen LogP contribution in [0.3, 0.4) is 0 Å². The number of aromatic nitrogens is 2.